The number of hydrogen-bond donors (Lipinski definition) is 2. The van der Waals surface area contributed by atoms with E-state index in [1.807, 2.05) is 13.8 Å². The highest BCUT2D eigenvalue weighted by atomic mass is 16.5. The minimum absolute atomic E-state index is 0.0507. The summed E-state index contributed by atoms with van der Waals surface area (Å²) < 4.78 is 10.3. The van der Waals surface area contributed by atoms with Crippen LogP contribution in [0.1, 0.15) is 30.6 Å². The van der Waals surface area contributed by atoms with Crippen molar-refractivity contribution in [2.75, 3.05) is 20.8 Å². The van der Waals surface area contributed by atoms with Gasteiger partial charge in [-0.25, -0.2) is 0 Å². The fraction of sp³-hybridized carbons (Fsp3) is 0.533. The van der Waals surface area contributed by atoms with Crippen LogP contribution in [0.2, 0.25) is 0 Å². The van der Waals surface area contributed by atoms with Crippen molar-refractivity contribution in [3.05, 3.63) is 23.8 Å². The molecule has 5 nitrogen and oxygen atoms in total. The van der Waals surface area contributed by atoms with Crippen LogP contribution in [0, 0.1) is 5.92 Å². The Balaban J connectivity index is 2.86. The normalized spacial score (nSPS) is 12.1. The number of hydrogen-bond acceptors (Lipinski definition) is 4. The number of rotatable bonds is 7. The number of ether oxygens (including phenoxy) is 2. The zero-order valence-corrected chi connectivity index (χ0v) is 12.5. The van der Waals surface area contributed by atoms with E-state index in [-0.39, 0.29) is 24.5 Å². The van der Waals surface area contributed by atoms with E-state index in [0.29, 0.717) is 23.5 Å². The molecule has 0 spiro atoms. The van der Waals surface area contributed by atoms with Gasteiger partial charge in [-0.15, -0.1) is 0 Å². The Bertz CT molecular complexity index is 445. The Morgan fingerprint density at radius 2 is 1.90 bits per heavy atom. The number of nitrogens with one attached hydrogen (secondary N) is 1. The predicted molar refractivity (Wildman–Crippen MR) is 77.3 cm³/mol. The van der Waals surface area contributed by atoms with E-state index >= 15 is 0 Å². The minimum atomic E-state index is -0.182. The topological polar surface area (TPSA) is 67.8 Å². The Morgan fingerprint density at radius 1 is 1.25 bits per heavy atom. The molecule has 0 saturated carbocycles. The number of benzene rings is 1. The molecule has 1 rings (SSSR count). The predicted octanol–water partition coefficient (Wildman–Crippen LogP) is 1.84. The molecule has 1 amide bonds. The van der Waals surface area contributed by atoms with E-state index in [0.717, 1.165) is 0 Å². The lowest BCUT2D eigenvalue weighted by Gasteiger charge is -2.21. The summed E-state index contributed by atoms with van der Waals surface area (Å²) in [5.74, 6) is 1.17. The van der Waals surface area contributed by atoms with Gasteiger partial charge in [0, 0.05) is 18.2 Å². The summed E-state index contributed by atoms with van der Waals surface area (Å²) in [6, 6.07) is 4.97. The molecule has 0 aliphatic carbocycles. The van der Waals surface area contributed by atoms with E-state index in [9.17, 15) is 4.79 Å². The average Bonchev–Trinajstić information content (AvgIpc) is 2.45. The maximum absolute atomic E-state index is 12.2. The van der Waals surface area contributed by atoms with Crippen LogP contribution in [0.3, 0.4) is 0 Å². The Morgan fingerprint density at radius 3 is 2.40 bits per heavy atom. The van der Waals surface area contributed by atoms with Crippen LogP contribution in [0.5, 0.6) is 11.5 Å². The van der Waals surface area contributed by atoms with Gasteiger partial charge in [-0.3, -0.25) is 4.79 Å². The summed E-state index contributed by atoms with van der Waals surface area (Å²) in [5, 5.41) is 12.0. The van der Waals surface area contributed by atoms with Crippen molar-refractivity contribution in [2.45, 2.75) is 26.3 Å². The molecular weight excluding hydrogens is 258 g/mol. The van der Waals surface area contributed by atoms with Crippen LogP contribution in [0.25, 0.3) is 0 Å². The van der Waals surface area contributed by atoms with E-state index in [1.165, 1.54) is 7.11 Å². The lowest BCUT2D eigenvalue weighted by molar-refractivity contribution is 0.0916. The zero-order chi connectivity index (χ0) is 15.1. The number of methoxy groups -OCH3 is 2. The number of aliphatic hydroxyl groups excluding tert-OH is 1. The molecule has 2 N–H and O–H groups in total. The van der Waals surface area contributed by atoms with E-state index in [4.69, 9.17) is 14.6 Å². The van der Waals surface area contributed by atoms with Crippen molar-refractivity contribution in [1.29, 1.82) is 0 Å². The van der Waals surface area contributed by atoms with Gasteiger partial charge in [0.05, 0.1) is 14.2 Å². The molecule has 0 aliphatic heterocycles. The van der Waals surface area contributed by atoms with E-state index < -0.39 is 0 Å². The Kier molecular flexibility index (Phi) is 6.31. The summed E-state index contributed by atoms with van der Waals surface area (Å²) in [6.45, 7) is 4.07. The maximum Gasteiger partial charge on any atom is 0.251 e. The van der Waals surface area contributed by atoms with Crippen LogP contribution >= 0.6 is 0 Å². The fourth-order valence-electron chi connectivity index (χ4n) is 1.94. The molecular formula is C15H23NO4. The lowest BCUT2D eigenvalue weighted by Crippen LogP contribution is -2.39. The van der Waals surface area contributed by atoms with Crippen molar-refractivity contribution < 1.29 is 19.4 Å². The summed E-state index contributed by atoms with van der Waals surface area (Å²) in [5.41, 5.74) is 0.506. The highest BCUT2D eigenvalue weighted by Crippen LogP contribution is 2.27. The molecule has 0 heterocycles. The molecule has 0 fully saturated rings. The van der Waals surface area contributed by atoms with E-state index in [1.54, 1.807) is 25.3 Å². The van der Waals surface area contributed by atoms with Gasteiger partial charge < -0.3 is 19.9 Å². The maximum atomic E-state index is 12.2. The summed E-state index contributed by atoms with van der Waals surface area (Å²) >= 11 is 0. The molecule has 1 aromatic rings. The smallest absolute Gasteiger partial charge is 0.251 e. The van der Waals surface area contributed by atoms with Gasteiger partial charge in [0.2, 0.25) is 0 Å². The van der Waals surface area contributed by atoms with Gasteiger partial charge in [-0.05, 0) is 30.5 Å². The molecule has 0 aliphatic rings. The summed E-state index contributed by atoms with van der Waals surface area (Å²) in [7, 11) is 3.08. The SMILES string of the molecule is COc1ccc(C(=O)NC(CCO)C(C)C)cc1OC. The van der Waals surface area contributed by atoms with Gasteiger partial charge >= 0.3 is 0 Å². The van der Waals surface area contributed by atoms with Crippen molar-refractivity contribution in [3.8, 4) is 11.5 Å². The zero-order valence-electron chi connectivity index (χ0n) is 12.5. The quantitative estimate of drug-likeness (QED) is 0.800. The highest BCUT2D eigenvalue weighted by molar-refractivity contribution is 5.95. The van der Waals surface area contributed by atoms with Crippen LogP contribution in [-0.2, 0) is 0 Å². The second-order valence-electron chi connectivity index (χ2n) is 4.91. The second kappa shape index (κ2) is 7.75. The number of amides is 1. The van der Waals surface area contributed by atoms with Crippen LogP contribution in [-0.4, -0.2) is 37.9 Å². The Hall–Kier alpha value is -1.75. The lowest BCUT2D eigenvalue weighted by atomic mass is 10.0. The van der Waals surface area contributed by atoms with Gasteiger partial charge in [0.25, 0.3) is 5.91 Å². The molecule has 0 radical (unpaired) electrons. The second-order valence-corrected chi connectivity index (χ2v) is 4.91. The monoisotopic (exact) mass is 281 g/mol. The first-order valence-electron chi connectivity index (χ1n) is 6.67. The van der Waals surface area contributed by atoms with Gasteiger partial charge in [0.15, 0.2) is 11.5 Å². The van der Waals surface area contributed by atoms with E-state index in [2.05, 4.69) is 5.32 Å². The highest BCUT2D eigenvalue weighted by Gasteiger charge is 2.17. The molecule has 0 aromatic heterocycles. The van der Waals surface area contributed by atoms with Crippen molar-refractivity contribution in [1.82, 2.24) is 5.32 Å². The first-order valence-corrected chi connectivity index (χ1v) is 6.67. The third-order valence-corrected chi connectivity index (χ3v) is 3.21. The largest absolute Gasteiger partial charge is 0.493 e. The third kappa shape index (κ3) is 4.13. The van der Waals surface area contributed by atoms with Crippen molar-refractivity contribution in [2.24, 2.45) is 5.92 Å². The summed E-state index contributed by atoms with van der Waals surface area (Å²) in [6.07, 6.45) is 0.538. The number of carbonyl (C=O) groups excluding carboxylic acids is 1. The van der Waals surface area contributed by atoms with Gasteiger partial charge in [0.1, 0.15) is 0 Å². The van der Waals surface area contributed by atoms with Crippen LogP contribution in [0.4, 0.5) is 0 Å². The number of aliphatic hydroxyl groups is 1. The number of carbonyl (C=O) groups is 1. The molecule has 5 heteroatoms. The van der Waals surface area contributed by atoms with Gasteiger partial charge in [-0.1, -0.05) is 13.8 Å². The van der Waals surface area contributed by atoms with Crippen molar-refractivity contribution >= 4 is 5.91 Å². The first kappa shape index (κ1) is 16.3. The standard InChI is InChI=1S/C15H23NO4/c1-10(2)12(7-8-17)16-15(18)11-5-6-13(19-3)14(9-11)20-4/h5-6,9-10,12,17H,7-8H2,1-4H3,(H,16,18). The summed E-state index contributed by atoms with van der Waals surface area (Å²) in [4.78, 5) is 12.2. The molecule has 0 bridgehead atoms. The molecule has 112 valence electrons. The van der Waals surface area contributed by atoms with Crippen LogP contribution < -0.4 is 14.8 Å². The molecule has 1 atom stereocenters. The fourth-order valence-corrected chi connectivity index (χ4v) is 1.94. The van der Waals surface area contributed by atoms with Gasteiger partial charge in [-0.2, -0.15) is 0 Å². The van der Waals surface area contributed by atoms with Crippen molar-refractivity contribution in [3.63, 3.8) is 0 Å². The molecule has 20 heavy (non-hydrogen) atoms. The first-order chi connectivity index (χ1) is 9.53. The Labute approximate surface area is 119 Å². The van der Waals surface area contributed by atoms with Crippen LogP contribution in [0.15, 0.2) is 18.2 Å². The minimum Gasteiger partial charge on any atom is -0.493 e. The average molecular weight is 281 g/mol. The molecule has 1 aromatic carbocycles. The molecule has 0 saturated heterocycles. The third-order valence-electron chi connectivity index (χ3n) is 3.21. The molecule has 1 unspecified atom stereocenters.